The average Bonchev–Trinajstić information content (AvgIpc) is 3.45. The molecule has 14 heteroatoms. The number of nitrogens with zero attached hydrogens (tertiary/aromatic N) is 7. The van der Waals surface area contributed by atoms with E-state index in [4.69, 9.17) is 20.2 Å². The normalized spacial score (nSPS) is 11.5. The average molecular weight is 706 g/mol. The Kier molecular flexibility index (Phi) is 11.9. The molecule has 2 aromatic carbocycles. The van der Waals surface area contributed by atoms with E-state index in [0.717, 1.165) is 28.4 Å². The van der Waals surface area contributed by atoms with Crippen molar-refractivity contribution >= 4 is 46.3 Å². The molecule has 0 spiro atoms. The summed E-state index contributed by atoms with van der Waals surface area (Å²) in [6.45, 7) is 10.2. The molecular weight excluding hydrogens is 662 g/mol. The van der Waals surface area contributed by atoms with Gasteiger partial charge in [-0.05, 0) is 81.3 Å². The summed E-state index contributed by atoms with van der Waals surface area (Å²) in [5.41, 5.74) is 12.2. The first-order chi connectivity index (χ1) is 24.9. The molecule has 0 aliphatic rings. The Morgan fingerprint density at radius 1 is 0.923 bits per heavy atom. The van der Waals surface area contributed by atoms with E-state index in [1.165, 1.54) is 4.90 Å². The van der Waals surface area contributed by atoms with Crippen molar-refractivity contribution in [1.82, 2.24) is 24.5 Å². The molecule has 270 valence electrons. The smallest absolute Gasteiger partial charge is 0.435 e. The van der Waals surface area contributed by atoms with Crippen LogP contribution in [0.25, 0.3) is 11.0 Å². The fraction of sp³-hybridized carbons (Fsp3) is 0.316. The number of aryl methyl sites for hydroxylation is 4. The van der Waals surface area contributed by atoms with Gasteiger partial charge in [-0.2, -0.15) is 4.99 Å². The van der Waals surface area contributed by atoms with E-state index in [1.807, 2.05) is 64.4 Å². The molecule has 5 rings (SSSR count). The van der Waals surface area contributed by atoms with E-state index in [0.29, 0.717) is 40.4 Å². The molecule has 0 saturated carbocycles. The second kappa shape index (κ2) is 16.7. The van der Waals surface area contributed by atoms with Crippen LogP contribution in [0.3, 0.4) is 0 Å². The minimum Gasteiger partial charge on any atom is -0.459 e. The number of pyridine rings is 1. The van der Waals surface area contributed by atoms with Gasteiger partial charge in [0, 0.05) is 36.6 Å². The molecule has 0 aliphatic carbocycles. The first-order valence-corrected chi connectivity index (χ1v) is 16.9. The van der Waals surface area contributed by atoms with Gasteiger partial charge in [-0.1, -0.05) is 19.9 Å². The van der Waals surface area contributed by atoms with Crippen LogP contribution in [0.15, 0.2) is 71.9 Å². The lowest BCUT2D eigenvalue weighted by Gasteiger charge is -2.21. The van der Waals surface area contributed by atoms with Gasteiger partial charge in [0.25, 0.3) is 5.91 Å². The molecule has 2 amide bonds. The van der Waals surface area contributed by atoms with Crippen LogP contribution in [0.4, 0.5) is 16.3 Å². The van der Waals surface area contributed by atoms with Gasteiger partial charge in [0.1, 0.15) is 24.1 Å². The predicted octanol–water partition coefficient (Wildman–Crippen LogP) is 5.57. The van der Waals surface area contributed by atoms with Gasteiger partial charge in [-0.25, -0.2) is 14.8 Å². The molecule has 0 atom stereocenters. The number of nitrogens with one attached hydrogen (secondary N) is 1. The third-order valence-corrected chi connectivity index (χ3v) is 8.26. The number of imidazole rings is 1. The lowest BCUT2D eigenvalue weighted by Crippen LogP contribution is -2.34. The maximum Gasteiger partial charge on any atom is 0.435 e. The van der Waals surface area contributed by atoms with Crippen LogP contribution in [-0.2, 0) is 34.5 Å². The van der Waals surface area contributed by atoms with Crippen molar-refractivity contribution in [3.63, 3.8) is 0 Å². The van der Waals surface area contributed by atoms with E-state index in [1.54, 1.807) is 48.7 Å². The van der Waals surface area contributed by atoms with E-state index in [2.05, 4.69) is 25.3 Å². The monoisotopic (exact) mass is 705 g/mol. The fourth-order valence-corrected chi connectivity index (χ4v) is 5.23. The Morgan fingerprint density at radius 3 is 2.37 bits per heavy atom. The highest BCUT2D eigenvalue weighted by Crippen LogP contribution is 2.22. The van der Waals surface area contributed by atoms with E-state index in [9.17, 15) is 14.4 Å². The number of anilines is 2. The molecule has 3 aromatic heterocycles. The van der Waals surface area contributed by atoms with Gasteiger partial charge < -0.3 is 25.1 Å². The molecule has 52 heavy (non-hydrogen) atoms. The van der Waals surface area contributed by atoms with Crippen molar-refractivity contribution in [3.8, 4) is 0 Å². The van der Waals surface area contributed by atoms with Gasteiger partial charge in [0.05, 0.1) is 53.4 Å². The number of aromatic nitrogens is 5. The predicted molar refractivity (Wildman–Crippen MR) is 198 cm³/mol. The quantitative estimate of drug-likeness (QED) is 0.0888. The number of amidine groups is 1. The summed E-state index contributed by atoms with van der Waals surface area (Å²) in [6.07, 6.45) is 0.823. The van der Waals surface area contributed by atoms with Crippen LogP contribution >= 0.6 is 0 Å². The summed E-state index contributed by atoms with van der Waals surface area (Å²) < 4.78 is 12.5. The Hall–Kier alpha value is -6.18. The molecular formula is C38H43N9O5. The molecule has 0 fully saturated rings. The van der Waals surface area contributed by atoms with Gasteiger partial charge in [0.2, 0.25) is 0 Å². The summed E-state index contributed by atoms with van der Waals surface area (Å²) in [6, 6.07) is 17.8. The van der Waals surface area contributed by atoms with Crippen molar-refractivity contribution in [2.45, 2.75) is 54.2 Å². The Morgan fingerprint density at radius 2 is 1.65 bits per heavy atom. The number of amides is 2. The second-order valence-electron chi connectivity index (χ2n) is 12.7. The molecule has 14 nitrogen and oxygen atoms in total. The zero-order valence-electron chi connectivity index (χ0n) is 30.2. The summed E-state index contributed by atoms with van der Waals surface area (Å²) in [5, 5.41) is 3.35. The number of aliphatic imine (C=N–C) groups is 1. The molecule has 0 bridgehead atoms. The van der Waals surface area contributed by atoms with Crippen molar-refractivity contribution < 1.29 is 23.9 Å². The second-order valence-corrected chi connectivity index (χ2v) is 12.7. The highest BCUT2D eigenvalue weighted by molar-refractivity contribution is 6.07. The van der Waals surface area contributed by atoms with Crippen LogP contribution in [-0.4, -0.2) is 61.5 Å². The molecule has 0 radical (unpaired) electrons. The van der Waals surface area contributed by atoms with E-state index in [-0.39, 0.29) is 43.8 Å². The molecule has 0 saturated heterocycles. The third kappa shape index (κ3) is 9.33. The lowest BCUT2D eigenvalue weighted by molar-refractivity contribution is -0.144. The minimum atomic E-state index is -0.722. The summed E-state index contributed by atoms with van der Waals surface area (Å²) >= 11 is 0. The third-order valence-electron chi connectivity index (χ3n) is 8.26. The molecule has 5 aromatic rings. The molecule has 3 N–H and O–H groups in total. The highest BCUT2D eigenvalue weighted by atomic mass is 16.5. The number of rotatable bonds is 13. The first kappa shape index (κ1) is 37.1. The van der Waals surface area contributed by atoms with Crippen molar-refractivity contribution in [2.75, 3.05) is 23.4 Å². The van der Waals surface area contributed by atoms with Crippen molar-refractivity contribution in [2.24, 2.45) is 23.7 Å². The number of carbonyl (C=O) groups excluding carboxylic acids is 3. The SMILES string of the molecule is Cc1nc(C)c(COC(=O)CCN(C(=O)c2ccc3c(c2)nc(CNc2ccc(/C(N)=N/C(=O)OCC(C)C)cc2)n3C)c2ccccn2)nc1C. The number of hydrogen-bond acceptors (Lipinski definition) is 10. The fourth-order valence-electron chi connectivity index (χ4n) is 5.23. The zero-order chi connectivity index (χ0) is 37.4. The van der Waals surface area contributed by atoms with Crippen molar-refractivity contribution in [1.29, 1.82) is 0 Å². The van der Waals surface area contributed by atoms with Crippen LogP contribution in [0.2, 0.25) is 0 Å². The topological polar surface area (TPSA) is 180 Å². The van der Waals surface area contributed by atoms with Crippen LogP contribution in [0, 0.1) is 26.7 Å². The minimum absolute atomic E-state index is 0.00467. The van der Waals surface area contributed by atoms with Gasteiger partial charge in [-0.15, -0.1) is 0 Å². The van der Waals surface area contributed by atoms with Crippen LogP contribution < -0.4 is 16.0 Å². The van der Waals surface area contributed by atoms with Crippen LogP contribution in [0.1, 0.15) is 64.8 Å². The molecule has 3 heterocycles. The first-order valence-electron chi connectivity index (χ1n) is 16.9. The standard InChI is InChI=1S/C38H43N9O5/c1-23(2)21-52-38(50)45-36(39)27-10-13-29(14-11-27)41-20-34-44-30-19-28(12-15-32(30)46(34)6)37(49)47(33-9-7-8-17-40-33)18-16-35(48)51-22-31-26(5)42-24(3)25(4)43-31/h7-15,17,19,23,41H,16,18,20-22H2,1-6H3,(H2,39,45,50). The Labute approximate surface area is 302 Å². The van der Waals surface area contributed by atoms with Gasteiger partial charge in [-0.3, -0.25) is 24.5 Å². The van der Waals surface area contributed by atoms with Gasteiger partial charge in [0.15, 0.2) is 0 Å². The molecule has 0 aliphatic heterocycles. The summed E-state index contributed by atoms with van der Waals surface area (Å²) in [5.74, 6) is 0.618. The highest BCUT2D eigenvalue weighted by Gasteiger charge is 2.22. The van der Waals surface area contributed by atoms with E-state index < -0.39 is 12.1 Å². The number of fused-ring (bicyclic) bond motifs is 1. The number of ether oxygens (including phenoxy) is 2. The number of nitrogens with two attached hydrogens (primary N) is 1. The number of esters is 1. The summed E-state index contributed by atoms with van der Waals surface area (Å²) in [4.78, 5) is 62.0. The Bertz CT molecular complexity index is 2090. The maximum absolute atomic E-state index is 13.9. The Balaban J connectivity index is 1.24. The summed E-state index contributed by atoms with van der Waals surface area (Å²) in [7, 11) is 1.91. The van der Waals surface area contributed by atoms with E-state index >= 15 is 0 Å². The zero-order valence-corrected chi connectivity index (χ0v) is 30.2. The van der Waals surface area contributed by atoms with Gasteiger partial charge >= 0.3 is 12.1 Å². The van der Waals surface area contributed by atoms with Crippen LogP contribution in [0.5, 0.6) is 0 Å². The number of hydrogen-bond donors (Lipinski definition) is 2. The lowest BCUT2D eigenvalue weighted by atomic mass is 10.1. The number of carbonyl (C=O) groups is 3. The van der Waals surface area contributed by atoms with Crippen molar-refractivity contribution in [3.05, 3.63) is 107 Å². The number of benzene rings is 2. The maximum atomic E-state index is 13.9. The molecule has 0 unspecified atom stereocenters. The largest absolute Gasteiger partial charge is 0.459 e.